The van der Waals surface area contributed by atoms with Crippen molar-refractivity contribution in [1.82, 2.24) is 15.0 Å². The van der Waals surface area contributed by atoms with Crippen molar-refractivity contribution in [2.24, 2.45) is 5.84 Å². The summed E-state index contributed by atoms with van der Waals surface area (Å²) >= 11 is 0. The maximum atomic E-state index is 5.63. The Labute approximate surface area is 118 Å². The fraction of sp³-hybridized carbons (Fsp3) is 0.400. The van der Waals surface area contributed by atoms with Crippen LogP contribution in [0.15, 0.2) is 24.4 Å². The molecule has 0 aromatic carbocycles. The van der Waals surface area contributed by atoms with Gasteiger partial charge in [-0.2, -0.15) is 0 Å². The normalized spacial score (nSPS) is 14.4. The van der Waals surface area contributed by atoms with E-state index in [9.17, 15) is 0 Å². The lowest BCUT2D eigenvalue weighted by molar-refractivity contribution is 0.708. The lowest BCUT2D eigenvalue weighted by atomic mass is 10.1. The highest BCUT2D eigenvalue weighted by molar-refractivity contribution is 5.46. The van der Waals surface area contributed by atoms with E-state index in [-0.39, 0.29) is 0 Å². The Morgan fingerprint density at radius 3 is 2.80 bits per heavy atom. The minimum atomic E-state index is 0.642. The van der Waals surface area contributed by atoms with Gasteiger partial charge in [0.1, 0.15) is 11.6 Å². The molecule has 0 saturated heterocycles. The molecule has 0 saturated carbocycles. The minimum absolute atomic E-state index is 0.642. The number of aryl methyl sites for hydroxylation is 1. The predicted molar refractivity (Wildman–Crippen MR) is 78.1 cm³/mol. The first kappa shape index (κ1) is 13.0. The number of nitrogens with zero attached hydrogens (tertiary/aromatic N) is 3. The number of anilines is 1. The largest absolute Gasteiger partial charge is 0.308 e. The Hall–Kier alpha value is -2.01. The Morgan fingerprint density at radius 2 is 2.00 bits per heavy atom. The van der Waals surface area contributed by atoms with Crippen LogP contribution in [-0.2, 0) is 19.3 Å². The first-order chi connectivity index (χ1) is 9.86. The van der Waals surface area contributed by atoms with E-state index in [2.05, 4.69) is 15.4 Å². The van der Waals surface area contributed by atoms with Crippen LogP contribution in [0.4, 0.5) is 5.82 Å². The zero-order chi connectivity index (χ0) is 13.8. The zero-order valence-electron chi connectivity index (χ0n) is 11.5. The predicted octanol–water partition coefficient (Wildman–Crippen LogP) is 2.02. The summed E-state index contributed by atoms with van der Waals surface area (Å²) < 4.78 is 0. The standard InChI is InChI=1S/C15H19N5/c16-20-15-12-7-2-1-3-8-13(12)18-14(19-15)10-11-6-4-5-9-17-11/h4-6,9H,1-3,7-8,10,16H2,(H,18,19,20). The van der Waals surface area contributed by atoms with Crippen molar-refractivity contribution in [3.63, 3.8) is 0 Å². The molecule has 5 nitrogen and oxygen atoms in total. The van der Waals surface area contributed by atoms with Crippen LogP contribution in [0.3, 0.4) is 0 Å². The van der Waals surface area contributed by atoms with E-state index in [0.717, 1.165) is 35.9 Å². The van der Waals surface area contributed by atoms with Crippen LogP contribution in [-0.4, -0.2) is 15.0 Å². The Balaban J connectivity index is 1.94. The third-order valence-corrected chi connectivity index (χ3v) is 3.68. The van der Waals surface area contributed by atoms with Crippen LogP contribution in [0.25, 0.3) is 0 Å². The summed E-state index contributed by atoms with van der Waals surface area (Å²) in [5, 5.41) is 0. The van der Waals surface area contributed by atoms with Crippen LogP contribution in [0.5, 0.6) is 0 Å². The van der Waals surface area contributed by atoms with Gasteiger partial charge < -0.3 is 5.43 Å². The second-order valence-electron chi connectivity index (χ2n) is 5.12. The Bertz CT molecular complexity index is 582. The molecular weight excluding hydrogens is 250 g/mol. The molecule has 0 aliphatic heterocycles. The van der Waals surface area contributed by atoms with Crippen molar-refractivity contribution in [1.29, 1.82) is 0 Å². The number of nitrogens with one attached hydrogen (secondary N) is 1. The first-order valence-electron chi connectivity index (χ1n) is 7.12. The molecule has 20 heavy (non-hydrogen) atoms. The van der Waals surface area contributed by atoms with Gasteiger partial charge in [0.05, 0.1) is 6.42 Å². The molecule has 0 radical (unpaired) electrons. The molecule has 1 aliphatic rings. The minimum Gasteiger partial charge on any atom is -0.308 e. The molecule has 2 aromatic rings. The molecule has 0 bridgehead atoms. The van der Waals surface area contributed by atoms with E-state index in [1.54, 1.807) is 6.20 Å². The second kappa shape index (κ2) is 5.96. The highest BCUT2D eigenvalue weighted by Gasteiger charge is 2.16. The lowest BCUT2D eigenvalue weighted by Crippen LogP contribution is -2.15. The fourth-order valence-corrected chi connectivity index (χ4v) is 2.69. The zero-order valence-corrected chi connectivity index (χ0v) is 11.5. The van der Waals surface area contributed by atoms with E-state index in [4.69, 9.17) is 10.8 Å². The van der Waals surface area contributed by atoms with Gasteiger partial charge in [0.2, 0.25) is 0 Å². The third-order valence-electron chi connectivity index (χ3n) is 3.68. The summed E-state index contributed by atoms with van der Waals surface area (Å²) in [6.45, 7) is 0. The molecule has 1 aliphatic carbocycles. The molecule has 2 heterocycles. The summed E-state index contributed by atoms with van der Waals surface area (Å²) in [5.41, 5.74) is 6.05. The molecule has 2 aromatic heterocycles. The molecule has 0 spiro atoms. The topological polar surface area (TPSA) is 76.7 Å². The number of rotatable bonds is 3. The quantitative estimate of drug-likeness (QED) is 0.506. The van der Waals surface area contributed by atoms with Crippen molar-refractivity contribution >= 4 is 5.82 Å². The van der Waals surface area contributed by atoms with Gasteiger partial charge in [-0.3, -0.25) is 4.98 Å². The van der Waals surface area contributed by atoms with Gasteiger partial charge in [0, 0.05) is 23.1 Å². The SMILES string of the molecule is NNc1nc(Cc2ccccn2)nc2c1CCCCC2. The molecule has 104 valence electrons. The average Bonchev–Trinajstić information content (AvgIpc) is 2.73. The van der Waals surface area contributed by atoms with Crippen molar-refractivity contribution in [3.05, 3.63) is 47.2 Å². The summed E-state index contributed by atoms with van der Waals surface area (Å²) in [6.07, 6.45) is 8.09. The van der Waals surface area contributed by atoms with Gasteiger partial charge in [-0.05, 0) is 37.8 Å². The molecule has 0 unspecified atom stereocenters. The fourth-order valence-electron chi connectivity index (χ4n) is 2.69. The van der Waals surface area contributed by atoms with Gasteiger partial charge >= 0.3 is 0 Å². The average molecular weight is 269 g/mol. The number of pyridine rings is 1. The monoisotopic (exact) mass is 269 g/mol. The van der Waals surface area contributed by atoms with Crippen LogP contribution in [0.1, 0.15) is 42.0 Å². The smallest absolute Gasteiger partial charge is 0.147 e. The maximum Gasteiger partial charge on any atom is 0.147 e. The summed E-state index contributed by atoms with van der Waals surface area (Å²) in [4.78, 5) is 13.6. The van der Waals surface area contributed by atoms with E-state index in [1.165, 1.54) is 24.8 Å². The highest BCUT2D eigenvalue weighted by atomic mass is 15.3. The van der Waals surface area contributed by atoms with Crippen molar-refractivity contribution in [3.8, 4) is 0 Å². The van der Waals surface area contributed by atoms with E-state index in [1.807, 2.05) is 18.2 Å². The van der Waals surface area contributed by atoms with Crippen LogP contribution in [0.2, 0.25) is 0 Å². The van der Waals surface area contributed by atoms with Crippen molar-refractivity contribution < 1.29 is 0 Å². The highest BCUT2D eigenvalue weighted by Crippen LogP contribution is 2.24. The van der Waals surface area contributed by atoms with Crippen molar-refractivity contribution in [2.75, 3.05) is 5.43 Å². The maximum absolute atomic E-state index is 5.63. The molecule has 3 rings (SSSR count). The van der Waals surface area contributed by atoms with Crippen LogP contribution >= 0.6 is 0 Å². The van der Waals surface area contributed by atoms with E-state index < -0.39 is 0 Å². The molecule has 0 amide bonds. The van der Waals surface area contributed by atoms with Gasteiger partial charge in [-0.15, -0.1) is 0 Å². The second-order valence-corrected chi connectivity index (χ2v) is 5.12. The number of aromatic nitrogens is 3. The third kappa shape index (κ3) is 2.77. The number of hydrogen-bond acceptors (Lipinski definition) is 5. The number of hydrogen-bond donors (Lipinski definition) is 2. The first-order valence-corrected chi connectivity index (χ1v) is 7.12. The van der Waals surface area contributed by atoms with E-state index in [0.29, 0.717) is 6.42 Å². The van der Waals surface area contributed by atoms with Gasteiger partial charge in [-0.1, -0.05) is 12.5 Å². The summed E-state index contributed by atoms with van der Waals surface area (Å²) in [5.74, 6) is 7.20. The van der Waals surface area contributed by atoms with Crippen LogP contribution in [0, 0.1) is 0 Å². The number of fused-ring (bicyclic) bond motifs is 1. The number of hydrazine groups is 1. The van der Waals surface area contributed by atoms with Gasteiger partial charge in [0.25, 0.3) is 0 Å². The summed E-state index contributed by atoms with van der Waals surface area (Å²) in [6, 6.07) is 5.88. The Kier molecular flexibility index (Phi) is 3.87. The molecular formula is C15H19N5. The lowest BCUT2D eigenvalue weighted by Gasteiger charge is -2.12. The molecule has 3 N–H and O–H groups in total. The van der Waals surface area contributed by atoms with Crippen molar-refractivity contribution in [2.45, 2.75) is 38.5 Å². The molecule has 0 fully saturated rings. The number of nitrogen functional groups attached to an aromatic ring is 1. The molecule has 5 heteroatoms. The Morgan fingerprint density at radius 1 is 1.10 bits per heavy atom. The summed E-state index contributed by atoms with van der Waals surface area (Å²) in [7, 11) is 0. The number of nitrogens with two attached hydrogens (primary N) is 1. The van der Waals surface area contributed by atoms with Gasteiger partial charge in [0.15, 0.2) is 0 Å². The van der Waals surface area contributed by atoms with Gasteiger partial charge in [-0.25, -0.2) is 15.8 Å². The molecule has 0 atom stereocenters. The van der Waals surface area contributed by atoms with Crippen LogP contribution < -0.4 is 11.3 Å². The van der Waals surface area contributed by atoms with E-state index >= 15 is 0 Å².